The minimum absolute atomic E-state index is 0.283. The zero-order valence-electron chi connectivity index (χ0n) is 12.8. The van der Waals surface area contributed by atoms with E-state index in [0.717, 1.165) is 24.3 Å². The van der Waals surface area contributed by atoms with Gasteiger partial charge >= 0.3 is 6.03 Å². The fourth-order valence-corrected chi connectivity index (χ4v) is 2.78. The van der Waals surface area contributed by atoms with Crippen LogP contribution in [0.5, 0.6) is 11.5 Å². The lowest BCUT2D eigenvalue weighted by Crippen LogP contribution is -2.33. The molecule has 0 aliphatic heterocycles. The van der Waals surface area contributed by atoms with Gasteiger partial charge in [-0.05, 0) is 54.5 Å². The summed E-state index contributed by atoms with van der Waals surface area (Å²) in [6, 6.07) is 17.0. The van der Waals surface area contributed by atoms with Crippen LogP contribution in [0.3, 0.4) is 0 Å². The molecule has 120 valence electrons. The number of rotatable bonds is 6. The number of carbonyl (C=O) groups excluding carboxylic acids is 1. The van der Waals surface area contributed by atoms with Crippen molar-refractivity contribution in [3.05, 3.63) is 60.2 Å². The number of ether oxygens (including phenoxy) is 1. The first-order chi connectivity index (χ1) is 11.1. The fourth-order valence-electron chi connectivity index (χ4n) is 2.78. The molecule has 2 aromatic rings. The third-order valence-electron chi connectivity index (χ3n) is 4.18. The average molecular weight is 312 g/mol. The van der Waals surface area contributed by atoms with Gasteiger partial charge in [0.05, 0.1) is 6.54 Å². The molecule has 23 heavy (non-hydrogen) atoms. The molecule has 2 unspecified atom stereocenters. The summed E-state index contributed by atoms with van der Waals surface area (Å²) in [4.78, 5) is 10.8. The topological polar surface area (TPSA) is 75.8 Å². The number of para-hydroxylation sites is 1. The summed E-state index contributed by atoms with van der Waals surface area (Å²) in [7, 11) is 0. The first-order valence-corrected chi connectivity index (χ1v) is 7.72. The van der Waals surface area contributed by atoms with Crippen LogP contribution in [0.4, 0.5) is 4.79 Å². The second kappa shape index (κ2) is 6.71. The Morgan fingerprint density at radius 2 is 1.78 bits per heavy atom. The highest BCUT2D eigenvalue weighted by molar-refractivity contribution is 5.70. The van der Waals surface area contributed by atoms with Crippen molar-refractivity contribution < 1.29 is 14.7 Å². The van der Waals surface area contributed by atoms with E-state index in [9.17, 15) is 10.0 Å². The molecule has 2 amide bonds. The molecule has 0 aromatic heterocycles. The van der Waals surface area contributed by atoms with Crippen molar-refractivity contribution in [1.29, 1.82) is 0 Å². The van der Waals surface area contributed by atoms with Gasteiger partial charge in [0.25, 0.3) is 0 Å². The molecule has 2 aromatic carbocycles. The second-order valence-corrected chi connectivity index (χ2v) is 5.84. The largest absolute Gasteiger partial charge is 0.457 e. The van der Waals surface area contributed by atoms with Crippen molar-refractivity contribution in [2.24, 2.45) is 11.7 Å². The number of carbonyl (C=O) groups is 1. The van der Waals surface area contributed by atoms with Gasteiger partial charge in [-0.2, -0.15) is 0 Å². The molecule has 0 radical (unpaired) electrons. The number of hydrogen-bond donors (Lipinski definition) is 2. The maximum absolute atomic E-state index is 10.8. The molecule has 5 heteroatoms. The Labute approximate surface area is 135 Å². The summed E-state index contributed by atoms with van der Waals surface area (Å²) < 4.78 is 5.77. The number of benzene rings is 2. The van der Waals surface area contributed by atoms with Gasteiger partial charge in [-0.15, -0.1) is 0 Å². The van der Waals surface area contributed by atoms with E-state index in [1.165, 1.54) is 5.56 Å². The Hall–Kier alpha value is -2.53. The number of amides is 2. The van der Waals surface area contributed by atoms with Crippen LogP contribution in [-0.4, -0.2) is 22.8 Å². The molecule has 3 rings (SSSR count). The van der Waals surface area contributed by atoms with Gasteiger partial charge in [-0.3, -0.25) is 5.21 Å². The zero-order chi connectivity index (χ0) is 16.2. The minimum Gasteiger partial charge on any atom is -0.457 e. The number of primary amides is 1. The van der Waals surface area contributed by atoms with Gasteiger partial charge in [0.1, 0.15) is 11.5 Å². The van der Waals surface area contributed by atoms with Crippen LogP contribution in [0, 0.1) is 5.92 Å². The molecule has 0 heterocycles. The summed E-state index contributed by atoms with van der Waals surface area (Å²) in [6.45, 7) is 0.283. The van der Waals surface area contributed by atoms with Crippen LogP contribution < -0.4 is 10.5 Å². The summed E-state index contributed by atoms with van der Waals surface area (Å²) in [6.07, 6.45) is 1.83. The monoisotopic (exact) mass is 312 g/mol. The van der Waals surface area contributed by atoms with Gasteiger partial charge in [-0.25, -0.2) is 9.86 Å². The molecule has 1 saturated carbocycles. The standard InChI is InChI=1S/C18H20N2O3/c19-18(21)20(22)11-10-14-12-17(14)13-6-8-16(9-7-13)23-15-4-2-1-3-5-15/h1-9,14,17,22H,10-12H2,(H2,19,21). The summed E-state index contributed by atoms with van der Waals surface area (Å²) in [5, 5.41) is 9.85. The molecule has 0 bridgehead atoms. The molecule has 0 saturated heterocycles. The third kappa shape index (κ3) is 4.02. The molecular weight excluding hydrogens is 292 g/mol. The smallest absolute Gasteiger partial charge is 0.338 e. The summed E-state index contributed by atoms with van der Waals surface area (Å²) in [5.74, 6) is 2.61. The van der Waals surface area contributed by atoms with Crippen molar-refractivity contribution >= 4 is 6.03 Å². The van der Waals surface area contributed by atoms with Crippen molar-refractivity contribution in [2.75, 3.05) is 6.54 Å². The highest BCUT2D eigenvalue weighted by Gasteiger charge is 2.38. The number of hydroxylamine groups is 2. The van der Waals surface area contributed by atoms with Crippen LogP contribution >= 0.6 is 0 Å². The highest BCUT2D eigenvalue weighted by atomic mass is 16.5. The van der Waals surface area contributed by atoms with E-state index in [1.807, 2.05) is 42.5 Å². The maximum Gasteiger partial charge on any atom is 0.338 e. The van der Waals surface area contributed by atoms with Crippen molar-refractivity contribution in [2.45, 2.75) is 18.8 Å². The molecular formula is C18H20N2O3. The van der Waals surface area contributed by atoms with Crippen molar-refractivity contribution in [1.82, 2.24) is 5.06 Å². The average Bonchev–Trinajstić information content (AvgIpc) is 3.34. The van der Waals surface area contributed by atoms with Gasteiger partial charge in [0.15, 0.2) is 0 Å². The van der Waals surface area contributed by atoms with Crippen LogP contribution in [-0.2, 0) is 0 Å². The van der Waals surface area contributed by atoms with Crippen molar-refractivity contribution in [3.8, 4) is 11.5 Å². The molecule has 1 fully saturated rings. The Kier molecular flexibility index (Phi) is 4.48. The quantitative estimate of drug-likeness (QED) is 0.630. The lowest BCUT2D eigenvalue weighted by Gasteiger charge is -2.11. The second-order valence-electron chi connectivity index (χ2n) is 5.84. The van der Waals surface area contributed by atoms with Gasteiger partial charge in [0, 0.05) is 0 Å². The minimum atomic E-state index is -0.801. The maximum atomic E-state index is 10.8. The van der Waals surface area contributed by atoms with Crippen LogP contribution in [0.25, 0.3) is 0 Å². The SMILES string of the molecule is NC(=O)N(O)CCC1CC1c1ccc(Oc2ccccc2)cc1. The van der Waals surface area contributed by atoms with E-state index in [4.69, 9.17) is 10.5 Å². The van der Waals surface area contributed by atoms with Crippen molar-refractivity contribution in [3.63, 3.8) is 0 Å². The molecule has 5 nitrogen and oxygen atoms in total. The van der Waals surface area contributed by atoms with E-state index in [-0.39, 0.29) is 6.54 Å². The number of hydrogen-bond acceptors (Lipinski definition) is 3. The molecule has 1 aliphatic rings. The lowest BCUT2D eigenvalue weighted by atomic mass is 10.1. The lowest BCUT2D eigenvalue weighted by molar-refractivity contribution is -0.0410. The van der Waals surface area contributed by atoms with E-state index in [0.29, 0.717) is 16.9 Å². The van der Waals surface area contributed by atoms with E-state index < -0.39 is 6.03 Å². The first kappa shape index (κ1) is 15.4. The number of nitrogens with zero attached hydrogens (tertiary/aromatic N) is 1. The molecule has 2 atom stereocenters. The third-order valence-corrected chi connectivity index (χ3v) is 4.18. The predicted molar refractivity (Wildman–Crippen MR) is 86.5 cm³/mol. The summed E-state index contributed by atoms with van der Waals surface area (Å²) in [5.41, 5.74) is 6.25. The number of urea groups is 1. The molecule has 3 N–H and O–H groups in total. The van der Waals surface area contributed by atoms with Crippen LogP contribution in [0.15, 0.2) is 54.6 Å². The van der Waals surface area contributed by atoms with Crippen LogP contribution in [0.1, 0.15) is 24.3 Å². The molecule has 1 aliphatic carbocycles. The van der Waals surface area contributed by atoms with Crippen LogP contribution in [0.2, 0.25) is 0 Å². The predicted octanol–water partition coefficient (Wildman–Crippen LogP) is 3.74. The van der Waals surface area contributed by atoms with Gasteiger partial charge in [-0.1, -0.05) is 30.3 Å². The van der Waals surface area contributed by atoms with E-state index >= 15 is 0 Å². The number of nitrogens with two attached hydrogens (primary N) is 1. The molecule has 0 spiro atoms. The summed E-state index contributed by atoms with van der Waals surface area (Å²) >= 11 is 0. The van der Waals surface area contributed by atoms with E-state index in [1.54, 1.807) is 0 Å². The Morgan fingerprint density at radius 3 is 2.43 bits per heavy atom. The Balaban J connectivity index is 1.52. The normalized spacial score (nSPS) is 19.2. The first-order valence-electron chi connectivity index (χ1n) is 7.72. The van der Waals surface area contributed by atoms with E-state index in [2.05, 4.69) is 12.1 Å². The van der Waals surface area contributed by atoms with Gasteiger partial charge < -0.3 is 10.5 Å². The van der Waals surface area contributed by atoms with Gasteiger partial charge in [0.2, 0.25) is 0 Å². The zero-order valence-corrected chi connectivity index (χ0v) is 12.8. The Bertz CT molecular complexity index is 658. The highest BCUT2D eigenvalue weighted by Crippen LogP contribution is 2.49. The Morgan fingerprint density at radius 1 is 1.13 bits per heavy atom. The fraction of sp³-hybridized carbons (Fsp3) is 0.278.